The summed E-state index contributed by atoms with van der Waals surface area (Å²) in [6, 6.07) is 23.2. The number of rotatable bonds is 2. The van der Waals surface area contributed by atoms with E-state index < -0.39 is 0 Å². The molecular weight excluding hydrogens is 324 g/mol. The minimum Gasteiger partial charge on any atom is -0.244 e. The summed E-state index contributed by atoms with van der Waals surface area (Å²) in [5, 5.41) is 8.97. The van der Waals surface area contributed by atoms with Crippen LogP contribution in [-0.4, -0.2) is 25.6 Å². The zero-order valence-electron chi connectivity index (χ0n) is 14.6. The van der Waals surface area contributed by atoms with E-state index in [-0.39, 0.29) is 6.03 Å². The monoisotopic (exact) mass is 342 g/mol. The van der Waals surface area contributed by atoms with Gasteiger partial charge in [-0.15, -0.1) is 0 Å². The molecule has 4 aromatic rings. The molecular formula is C21H18N4O. The molecule has 0 spiro atoms. The van der Waals surface area contributed by atoms with Crippen molar-refractivity contribution in [2.75, 3.05) is 0 Å². The van der Waals surface area contributed by atoms with E-state index in [1.54, 1.807) is 0 Å². The van der Waals surface area contributed by atoms with Crippen LogP contribution >= 0.6 is 0 Å². The lowest BCUT2D eigenvalue weighted by molar-refractivity contribution is 0.237. The van der Waals surface area contributed by atoms with Gasteiger partial charge in [-0.2, -0.15) is 19.6 Å². The van der Waals surface area contributed by atoms with E-state index in [0.717, 1.165) is 33.9 Å². The van der Waals surface area contributed by atoms with Gasteiger partial charge in [0.2, 0.25) is 0 Å². The van der Waals surface area contributed by atoms with Crippen molar-refractivity contribution in [3.05, 3.63) is 84.2 Å². The Balaban J connectivity index is 1.71. The van der Waals surface area contributed by atoms with Crippen LogP contribution in [0.15, 0.2) is 72.8 Å². The molecule has 5 nitrogen and oxygen atoms in total. The van der Waals surface area contributed by atoms with Crippen molar-refractivity contribution >= 4 is 6.03 Å². The SMILES string of the molecule is Cc1cc(-c2ccccc2)nn1C(=O)n1nc(-c2ccccc2)cc1C. The van der Waals surface area contributed by atoms with Crippen LogP contribution < -0.4 is 0 Å². The van der Waals surface area contributed by atoms with Gasteiger partial charge in [0.25, 0.3) is 0 Å². The van der Waals surface area contributed by atoms with Crippen molar-refractivity contribution in [1.82, 2.24) is 19.6 Å². The number of hydrogen-bond donors (Lipinski definition) is 0. The molecule has 128 valence electrons. The molecule has 0 radical (unpaired) electrons. The molecule has 4 rings (SSSR count). The van der Waals surface area contributed by atoms with Gasteiger partial charge in [-0.3, -0.25) is 0 Å². The van der Waals surface area contributed by atoms with Crippen LogP contribution in [0, 0.1) is 13.8 Å². The lowest BCUT2D eigenvalue weighted by atomic mass is 10.1. The maximum atomic E-state index is 13.0. The Hall–Kier alpha value is -3.47. The zero-order valence-corrected chi connectivity index (χ0v) is 14.6. The minimum atomic E-state index is -0.288. The molecule has 0 saturated carbocycles. The van der Waals surface area contributed by atoms with Crippen molar-refractivity contribution in [2.24, 2.45) is 0 Å². The summed E-state index contributed by atoms with van der Waals surface area (Å²) in [6.07, 6.45) is 0. The highest BCUT2D eigenvalue weighted by Gasteiger charge is 2.18. The van der Waals surface area contributed by atoms with Crippen molar-refractivity contribution in [3.63, 3.8) is 0 Å². The fourth-order valence-electron chi connectivity index (χ4n) is 2.93. The van der Waals surface area contributed by atoms with E-state index in [1.165, 1.54) is 9.36 Å². The summed E-state index contributed by atoms with van der Waals surface area (Å²) >= 11 is 0. The number of nitrogens with zero attached hydrogens (tertiary/aromatic N) is 4. The molecule has 0 atom stereocenters. The van der Waals surface area contributed by atoms with Crippen molar-refractivity contribution in [1.29, 1.82) is 0 Å². The second-order valence-electron chi connectivity index (χ2n) is 6.18. The number of aryl methyl sites for hydroxylation is 2. The number of benzene rings is 2. The number of aromatic nitrogens is 4. The van der Waals surface area contributed by atoms with Gasteiger partial charge in [-0.1, -0.05) is 60.7 Å². The maximum Gasteiger partial charge on any atom is 0.369 e. The smallest absolute Gasteiger partial charge is 0.244 e. The lowest BCUT2D eigenvalue weighted by Crippen LogP contribution is -2.23. The van der Waals surface area contributed by atoms with E-state index in [4.69, 9.17) is 0 Å². The summed E-state index contributed by atoms with van der Waals surface area (Å²) in [7, 11) is 0. The molecule has 2 heterocycles. The highest BCUT2D eigenvalue weighted by Crippen LogP contribution is 2.21. The normalized spacial score (nSPS) is 10.8. The van der Waals surface area contributed by atoms with Crippen LogP contribution in [0.2, 0.25) is 0 Å². The molecule has 0 bridgehead atoms. The predicted octanol–water partition coefficient (Wildman–Crippen LogP) is 4.55. The molecule has 0 unspecified atom stereocenters. The van der Waals surface area contributed by atoms with Crippen LogP contribution in [0.4, 0.5) is 4.79 Å². The molecule has 0 saturated heterocycles. The molecule has 0 amide bonds. The summed E-state index contributed by atoms with van der Waals surface area (Å²) in [5.74, 6) is 0. The minimum absolute atomic E-state index is 0.288. The quantitative estimate of drug-likeness (QED) is 0.537. The van der Waals surface area contributed by atoms with Gasteiger partial charge in [0.15, 0.2) is 0 Å². The van der Waals surface area contributed by atoms with Crippen molar-refractivity contribution in [3.8, 4) is 22.5 Å². The van der Waals surface area contributed by atoms with Gasteiger partial charge < -0.3 is 0 Å². The first-order valence-electron chi connectivity index (χ1n) is 8.42. The topological polar surface area (TPSA) is 52.7 Å². The summed E-state index contributed by atoms with van der Waals surface area (Å²) in [6.45, 7) is 3.74. The van der Waals surface area contributed by atoms with Gasteiger partial charge in [0, 0.05) is 22.5 Å². The predicted molar refractivity (Wildman–Crippen MR) is 101 cm³/mol. The van der Waals surface area contributed by atoms with E-state index in [1.807, 2.05) is 86.6 Å². The molecule has 5 heteroatoms. The first-order valence-corrected chi connectivity index (χ1v) is 8.42. The fraction of sp³-hybridized carbons (Fsp3) is 0.0952. The van der Waals surface area contributed by atoms with E-state index in [2.05, 4.69) is 10.2 Å². The molecule has 0 aliphatic carbocycles. The highest BCUT2D eigenvalue weighted by atomic mass is 16.2. The standard InChI is InChI=1S/C21H18N4O/c1-15-13-19(17-9-5-3-6-10-17)22-24(15)21(26)25-16(2)14-20(23-25)18-11-7-4-8-12-18/h3-14H,1-2H3. The average Bonchev–Trinajstić information content (AvgIpc) is 3.26. The summed E-state index contributed by atoms with van der Waals surface area (Å²) in [5.41, 5.74) is 5.03. The first kappa shape index (κ1) is 16.0. The molecule has 0 aliphatic heterocycles. The Bertz CT molecular complexity index is 976. The Labute approximate surface area is 151 Å². The second-order valence-corrected chi connectivity index (χ2v) is 6.18. The van der Waals surface area contributed by atoms with Crippen LogP contribution in [-0.2, 0) is 0 Å². The van der Waals surface area contributed by atoms with Gasteiger partial charge >= 0.3 is 6.03 Å². The molecule has 0 fully saturated rings. The van der Waals surface area contributed by atoms with E-state index in [9.17, 15) is 4.79 Å². The third kappa shape index (κ3) is 2.84. The highest BCUT2D eigenvalue weighted by molar-refractivity contribution is 5.81. The third-order valence-electron chi connectivity index (χ3n) is 4.28. The van der Waals surface area contributed by atoms with Gasteiger partial charge in [0.1, 0.15) is 0 Å². The van der Waals surface area contributed by atoms with Crippen LogP contribution in [0.25, 0.3) is 22.5 Å². The summed E-state index contributed by atoms with van der Waals surface area (Å²) < 4.78 is 2.80. The Kier molecular flexibility index (Phi) is 3.97. The number of carbonyl (C=O) groups is 1. The van der Waals surface area contributed by atoms with E-state index >= 15 is 0 Å². The molecule has 0 N–H and O–H groups in total. The lowest BCUT2D eigenvalue weighted by Gasteiger charge is -2.04. The van der Waals surface area contributed by atoms with Gasteiger partial charge in [0.05, 0.1) is 11.4 Å². The van der Waals surface area contributed by atoms with Gasteiger partial charge in [-0.25, -0.2) is 4.79 Å². The largest absolute Gasteiger partial charge is 0.369 e. The Morgan fingerprint density at radius 2 is 1.08 bits per heavy atom. The fourth-order valence-corrected chi connectivity index (χ4v) is 2.93. The first-order chi connectivity index (χ1) is 12.6. The van der Waals surface area contributed by atoms with Crippen LogP contribution in [0.1, 0.15) is 11.4 Å². The summed E-state index contributed by atoms with van der Waals surface area (Å²) in [4.78, 5) is 13.0. The Morgan fingerprint density at radius 3 is 1.46 bits per heavy atom. The average molecular weight is 342 g/mol. The molecule has 0 aliphatic rings. The third-order valence-corrected chi connectivity index (χ3v) is 4.28. The van der Waals surface area contributed by atoms with Gasteiger partial charge in [-0.05, 0) is 26.0 Å². The van der Waals surface area contributed by atoms with Crippen LogP contribution in [0.3, 0.4) is 0 Å². The van der Waals surface area contributed by atoms with Crippen molar-refractivity contribution in [2.45, 2.75) is 13.8 Å². The number of carbonyl (C=O) groups excluding carboxylic acids is 1. The molecule has 2 aromatic heterocycles. The van der Waals surface area contributed by atoms with Crippen molar-refractivity contribution < 1.29 is 4.79 Å². The molecule has 2 aromatic carbocycles. The zero-order chi connectivity index (χ0) is 18.1. The number of hydrogen-bond acceptors (Lipinski definition) is 3. The van der Waals surface area contributed by atoms with E-state index in [0.29, 0.717) is 0 Å². The Morgan fingerprint density at radius 1 is 0.692 bits per heavy atom. The second kappa shape index (κ2) is 6.44. The maximum absolute atomic E-state index is 13.0. The van der Waals surface area contributed by atoms with Crippen LogP contribution in [0.5, 0.6) is 0 Å². The molecule has 26 heavy (non-hydrogen) atoms.